The molecule has 3 aromatic heterocycles. The third-order valence-electron chi connectivity index (χ3n) is 7.91. The van der Waals surface area contributed by atoms with E-state index in [0.29, 0.717) is 30.1 Å². The van der Waals surface area contributed by atoms with E-state index in [0.717, 1.165) is 62.3 Å². The first-order chi connectivity index (χ1) is 20.0. The maximum Gasteiger partial charge on any atom is 0.261 e. The van der Waals surface area contributed by atoms with Crippen molar-refractivity contribution in [3.05, 3.63) is 65.9 Å². The fourth-order valence-corrected chi connectivity index (χ4v) is 5.75. The number of hydrogen-bond donors (Lipinski definition) is 2. The smallest absolute Gasteiger partial charge is 0.261 e. The summed E-state index contributed by atoms with van der Waals surface area (Å²) < 4.78 is 28.6. The largest absolute Gasteiger partial charge is 0.496 e. The summed E-state index contributed by atoms with van der Waals surface area (Å²) in [6.07, 6.45) is 6.90. The third-order valence-corrected chi connectivity index (χ3v) is 7.91. The lowest BCUT2D eigenvalue weighted by Gasteiger charge is -2.28. The first-order valence-electron chi connectivity index (χ1n) is 13.9. The predicted molar refractivity (Wildman–Crippen MR) is 151 cm³/mol. The van der Waals surface area contributed by atoms with Gasteiger partial charge in [-0.25, -0.2) is 9.37 Å². The molecule has 0 atom stereocenters. The van der Waals surface area contributed by atoms with Crippen molar-refractivity contribution in [2.24, 2.45) is 0 Å². The molecule has 1 aliphatic carbocycles. The fourth-order valence-electron chi connectivity index (χ4n) is 5.75. The maximum atomic E-state index is 15.7. The number of aliphatic hydroxyl groups excluding tert-OH is 1. The quantitative estimate of drug-likeness (QED) is 0.346. The van der Waals surface area contributed by atoms with Gasteiger partial charge < -0.3 is 19.1 Å². The SMILES string of the molecule is COc1ccncc1-c1nccc(C(=O)Nc2nc3cc(CN4CCOCC4)ccc3n2C2CCC(O)CC2)c1F. The number of carbonyl (C=O) groups is 1. The van der Waals surface area contributed by atoms with Crippen LogP contribution in [0.2, 0.25) is 0 Å². The van der Waals surface area contributed by atoms with Crippen molar-refractivity contribution >= 4 is 22.9 Å². The Bertz CT molecular complexity index is 1550. The molecule has 1 aliphatic heterocycles. The van der Waals surface area contributed by atoms with Crippen LogP contribution >= 0.6 is 0 Å². The summed E-state index contributed by atoms with van der Waals surface area (Å²) in [7, 11) is 1.48. The molecule has 2 fully saturated rings. The minimum Gasteiger partial charge on any atom is -0.496 e. The number of fused-ring (bicyclic) bond motifs is 1. The number of hydrogen-bond acceptors (Lipinski definition) is 8. The van der Waals surface area contributed by atoms with E-state index in [-0.39, 0.29) is 23.4 Å². The van der Waals surface area contributed by atoms with Crippen molar-refractivity contribution in [1.82, 2.24) is 24.4 Å². The Kier molecular flexibility index (Phi) is 7.91. The number of ether oxygens (including phenoxy) is 2. The van der Waals surface area contributed by atoms with Gasteiger partial charge in [0.2, 0.25) is 5.95 Å². The molecule has 6 rings (SSSR count). The summed E-state index contributed by atoms with van der Waals surface area (Å²) in [4.78, 5) is 28.9. The standard InChI is InChI=1S/C30H33FN6O4/c1-40-26-9-10-32-17-23(26)28-27(31)22(8-11-33-28)29(39)35-30-34-24-16-19(18-36-12-14-41-15-13-36)2-7-25(24)37(30)20-3-5-21(38)6-4-20/h2,7-11,16-17,20-21,38H,3-6,12-15,18H2,1H3,(H,34,35,39). The summed E-state index contributed by atoms with van der Waals surface area (Å²) >= 11 is 0. The third kappa shape index (κ3) is 5.65. The second-order valence-corrected chi connectivity index (χ2v) is 10.5. The predicted octanol–water partition coefficient (Wildman–Crippen LogP) is 4.20. The van der Waals surface area contributed by atoms with Gasteiger partial charge in [0.05, 0.1) is 48.6 Å². The molecular weight excluding hydrogens is 527 g/mol. The molecular formula is C30H33FN6O4. The molecule has 1 saturated heterocycles. The molecule has 2 N–H and O–H groups in total. The second kappa shape index (κ2) is 11.9. The molecule has 41 heavy (non-hydrogen) atoms. The van der Waals surface area contributed by atoms with Gasteiger partial charge in [0.1, 0.15) is 11.4 Å². The lowest BCUT2D eigenvalue weighted by atomic mass is 9.93. The highest BCUT2D eigenvalue weighted by Gasteiger charge is 2.27. The van der Waals surface area contributed by atoms with E-state index in [4.69, 9.17) is 14.5 Å². The molecule has 0 bridgehead atoms. The van der Waals surface area contributed by atoms with E-state index in [1.165, 1.54) is 31.8 Å². The Morgan fingerprint density at radius 3 is 2.73 bits per heavy atom. The van der Waals surface area contributed by atoms with Crippen molar-refractivity contribution < 1.29 is 23.8 Å². The number of nitrogens with zero attached hydrogens (tertiary/aromatic N) is 5. The number of imidazole rings is 1. The Labute approximate surface area is 237 Å². The van der Waals surface area contributed by atoms with Crippen LogP contribution in [-0.4, -0.2) is 74.9 Å². The molecule has 0 unspecified atom stereocenters. The summed E-state index contributed by atoms with van der Waals surface area (Å²) in [5.41, 5.74) is 2.94. The van der Waals surface area contributed by atoms with E-state index in [2.05, 4.69) is 32.3 Å². The van der Waals surface area contributed by atoms with Gasteiger partial charge in [-0.3, -0.25) is 25.0 Å². The van der Waals surface area contributed by atoms with Gasteiger partial charge in [-0.1, -0.05) is 6.07 Å². The normalized spacial score (nSPS) is 19.8. The zero-order chi connectivity index (χ0) is 28.3. The van der Waals surface area contributed by atoms with Crippen LogP contribution in [0, 0.1) is 5.82 Å². The second-order valence-electron chi connectivity index (χ2n) is 10.5. The molecule has 0 radical (unpaired) electrons. The molecule has 4 heterocycles. The molecule has 4 aromatic rings. The summed E-state index contributed by atoms with van der Waals surface area (Å²) in [6, 6.07) is 9.19. The fraction of sp³-hybridized carbons (Fsp3) is 0.400. The van der Waals surface area contributed by atoms with Crippen LogP contribution in [0.3, 0.4) is 0 Å². The lowest BCUT2D eigenvalue weighted by Crippen LogP contribution is -2.35. The molecule has 0 spiro atoms. The zero-order valence-electron chi connectivity index (χ0n) is 22.9. The molecule has 2 aliphatic rings. The number of amides is 1. The van der Waals surface area contributed by atoms with Crippen LogP contribution in [0.25, 0.3) is 22.3 Å². The average molecular weight is 561 g/mol. The van der Waals surface area contributed by atoms with Gasteiger partial charge in [-0.15, -0.1) is 0 Å². The minimum absolute atomic E-state index is 0.0230. The van der Waals surface area contributed by atoms with Crippen molar-refractivity contribution in [2.45, 2.75) is 44.4 Å². The summed E-state index contributed by atoms with van der Waals surface area (Å²) in [5, 5.41) is 13.0. The number of aliphatic hydroxyl groups is 1. The number of benzene rings is 1. The van der Waals surface area contributed by atoms with Crippen LogP contribution in [0.5, 0.6) is 5.75 Å². The molecule has 1 saturated carbocycles. The molecule has 1 amide bonds. The first kappa shape index (κ1) is 27.3. The van der Waals surface area contributed by atoms with E-state index in [1.807, 2.05) is 10.6 Å². The zero-order valence-corrected chi connectivity index (χ0v) is 22.9. The highest BCUT2D eigenvalue weighted by atomic mass is 19.1. The van der Waals surface area contributed by atoms with Crippen molar-refractivity contribution in [3.63, 3.8) is 0 Å². The van der Waals surface area contributed by atoms with Gasteiger partial charge in [-0.2, -0.15) is 0 Å². The Hall–Kier alpha value is -3.93. The van der Waals surface area contributed by atoms with E-state index < -0.39 is 11.7 Å². The molecule has 1 aromatic carbocycles. The van der Waals surface area contributed by atoms with Crippen molar-refractivity contribution in [1.29, 1.82) is 0 Å². The van der Waals surface area contributed by atoms with E-state index >= 15 is 4.39 Å². The van der Waals surface area contributed by atoms with Gasteiger partial charge >= 0.3 is 0 Å². The minimum atomic E-state index is -0.771. The Morgan fingerprint density at radius 1 is 1.15 bits per heavy atom. The summed E-state index contributed by atoms with van der Waals surface area (Å²) in [6.45, 7) is 3.99. The van der Waals surface area contributed by atoms with Gasteiger partial charge in [0.25, 0.3) is 5.91 Å². The molecule has 11 heteroatoms. The van der Waals surface area contributed by atoms with Crippen LogP contribution < -0.4 is 10.1 Å². The van der Waals surface area contributed by atoms with Crippen molar-refractivity contribution in [2.75, 3.05) is 38.7 Å². The maximum absolute atomic E-state index is 15.7. The van der Waals surface area contributed by atoms with E-state index in [9.17, 15) is 9.90 Å². The topological polar surface area (TPSA) is 115 Å². The number of carbonyl (C=O) groups excluding carboxylic acids is 1. The summed E-state index contributed by atoms with van der Waals surface area (Å²) in [5.74, 6) is -0.646. The number of pyridine rings is 2. The first-order valence-corrected chi connectivity index (χ1v) is 13.9. The van der Waals surface area contributed by atoms with Gasteiger partial charge in [-0.05, 0) is 55.5 Å². The Morgan fingerprint density at radius 2 is 1.95 bits per heavy atom. The van der Waals surface area contributed by atoms with Crippen LogP contribution in [0.1, 0.15) is 47.6 Å². The highest BCUT2D eigenvalue weighted by Crippen LogP contribution is 2.36. The van der Waals surface area contributed by atoms with Crippen LogP contribution in [-0.2, 0) is 11.3 Å². The number of anilines is 1. The highest BCUT2D eigenvalue weighted by molar-refractivity contribution is 6.05. The van der Waals surface area contributed by atoms with Gasteiger partial charge in [0, 0.05) is 44.3 Å². The monoisotopic (exact) mass is 560 g/mol. The van der Waals surface area contributed by atoms with Crippen molar-refractivity contribution in [3.8, 4) is 17.0 Å². The van der Waals surface area contributed by atoms with Crippen LogP contribution in [0.15, 0.2) is 48.9 Å². The Balaban J connectivity index is 1.34. The number of aromatic nitrogens is 4. The number of nitrogens with one attached hydrogen (secondary N) is 1. The molecule has 10 nitrogen and oxygen atoms in total. The lowest BCUT2D eigenvalue weighted by molar-refractivity contribution is 0.0342. The van der Waals surface area contributed by atoms with Gasteiger partial charge in [0.15, 0.2) is 5.82 Å². The number of morpholine rings is 1. The number of rotatable bonds is 7. The van der Waals surface area contributed by atoms with Crippen LogP contribution in [0.4, 0.5) is 10.3 Å². The number of halogens is 1. The average Bonchev–Trinajstić information content (AvgIpc) is 3.35. The molecule has 214 valence electrons. The number of methoxy groups -OCH3 is 1. The van der Waals surface area contributed by atoms with E-state index in [1.54, 1.807) is 6.07 Å².